The van der Waals surface area contributed by atoms with Crippen LogP contribution >= 0.6 is 0 Å². The van der Waals surface area contributed by atoms with Gasteiger partial charge in [0.15, 0.2) is 0 Å². The molecule has 1 saturated heterocycles. The molecule has 1 aliphatic rings. The molecule has 5 heteroatoms. The molecule has 1 aromatic rings. The fourth-order valence-corrected chi connectivity index (χ4v) is 2.60. The molecular formula is C16H25N3O2. The first-order chi connectivity index (χ1) is 9.85. The number of hydrogen-bond acceptors (Lipinski definition) is 4. The third-order valence-electron chi connectivity index (χ3n) is 3.68. The first-order valence-electron chi connectivity index (χ1n) is 7.38. The number of nitrogens with two attached hydrogens (primary N) is 1. The summed E-state index contributed by atoms with van der Waals surface area (Å²) in [4.78, 5) is 14.3. The van der Waals surface area contributed by atoms with Gasteiger partial charge in [0.2, 0.25) is 5.91 Å². The zero-order chi connectivity index (χ0) is 15.5. The van der Waals surface area contributed by atoms with Crippen molar-refractivity contribution in [2.24, 2.45) is 0 Å². The van der Waals surface area contributed by atoms with Gasteiger partial charge in [-0.25, -0.2) is 0 Å². The van der Waals surface area contributed by atoms with E-state index in [2.05, 4.69) is 24.1 Å². The van der Waals surface area contributed by atoms with Crippen molar-refractivity contribution in [3.8, 4) is 0 Å². The van der Waals surface area contributed by atoms with E-state index in [1.807, 2.05) is 19.1 Å². The topological polar surface area (TPSA) is 67.6 Å². The van der Waals surface area contributed by atoms with Gasteiger partial charge in [0.25, 0.3) is 0 Å². The van der Waals surface area contributed by atoms with E-state index in [1.54, 1.807) is 6.07 Å². The number of benzene rings is 1. The van der Waals surface area contributed by atoms with Crippen LogP contribution in [0.3, 0.4) is 0 Å². The maximum absolute atomic E-state index is 12.1. The van der Waals surface area contributed by atoms with Gasteiger partial charge in [-0.05, 0) is 44.5 Å². The highest BCUT2D eigenvalue weighted by molar-refractivity contribution is 5.91. The van der Waals surface area contributed by atoms with Crippen LogP contribution in [0.5, 0.6) is 0 Å². The summed E-state index contributed by atoms with van der Waals surface area (Å²) >= 11 is 0. The molecule has 21 heavy (non-hydrogen) atoms. The molecule has 0 unspecified atom stereocenters. The first-order valence-corrected chi connectivity index (χ1v) is 7.38. The van der Waals surface area contributed by atoms with Crippen LogP contribution in [-0.4, -0.2) is 42.6 Å². The van der Waals surface area contributed by atoms with E-state index in [-0.39, 0.29) is 11.5 Å². The van der Waals surface area contributed by atoms with Gasteiger partial charge < -0.3 is 15.8 Å². The molecule has 1 aromatic carbocycles. The highest BCUT2D eigenvalue weighted by Crippen LogP contribution is 2.19. The minimum absolute atomic E-state index is 0.0344. The van der Waals surface area contributed by atoms with Crippen molar-refractivity contribution in [1.82, 2.24) is 4.90 Å². The Morgan fingerprint density at radius 3 is 2.90 bits per heavy atom. The van der Waals surface area contributed by atoms with Crippen LogP contribution in [0.1, 0.15) is 25.8 Å². The Hall–Kier alpha value is -1.59. The second-order valence-electron chi connectivity index (χ2n) is 6.26. The Kier molecular flexibility index (Phi) is 4.85. The molecule has 1 aliphatic heterocycles. The lowest BCUT2D eigenvalue weighted by Crippen LogP contribution is -2.48. The maximum atomic E-state index is 12.1. The monoisotopic (exact) mass is 291 g/mol. The van der Waals surface area contributed by atoms with Gasteiger partial charge in [0.05, 0.1) is 12.2 Å². The van der Waals surface area contributed by atoms with Crippen molar-refractivity contribution in [3.05, 3.63) is 23.8 Å². The molecule has 0 atom stereocenters. The molecule has 3 N–H and O–H groups in total. The number of carbonyl (C=O) groups is 1. The molecule has 0 saturated carbocycles. The van der Waals surface area contributed by atoms with Gasteiger partial charge in [-0.3, -0.25) is 9.69 Å². The number of rotatable bonds is 4. The summed E-state index contributed by atoms with van der Waals surface area (Å²) in [5, 5.41) is 2.95. The van der Waals surface area contributed by atoms with Gasteiger partial charge in [0, 0.05) is 37.4 Å². The molecule has 1 amide bonds. The second kappa shape index (κ2) is 6.45. The Bertz CT molecular complexity index is 514. The summed E-state index contributed by atoms with van der Waals surface area (Å²) in [6.45, 7) is 9.33. The molecule has 1 fully saturated rings. The molecule has 0 spiro atoms. The summed E-state index contributed by atoms with van der Waals surface area (Å²) in [5.41, 5.74) is 8.11. The lowest BCUT2D eigenvalue weighted by molar-refractivity contribution is -0.118. The Morgan fingerprint density at radius 2 is 2.24 bits per heavy atom. The molecular weight excluding hydrogens is 266 g/mol. The largest absolute Gasteiger partial charge is 0.399 e. The average Bonchev–Trinajstić information content (AvgIpc) is 2.39. The van der Waals surface area contributed by atoms with E-state index < -0.39 is 0 Å². The maximum Gasteiger partial charge on any atom is 0.225 e. The first kappa shape index (κ1) is 15.8. The summed E-state index contributed by atoms with van der Waals surface area (Å²) in [6, 6.07) is 5.51. The molecule has 5 nitrogen and oxygen atoms in total. The molecule has 1 heterocycles. The van der Waals surface area contributed by atoms with Crippen molar-refractivity contribution >= 4 is 17.3 Å². The molecule has 0 radical (unpaired) electrons. The Balaban J connectivity index is 1.82. The minimum Gasteiger partial charge on any atom is -0.399 e. The number of anilines is 2. The predicted molar refractivity (Wildman–Crippen MR) is 85.3 cm³/mol. The SMILES string of the molecule is Cc1cc(N)ccc1NC(=O)CCN1CCOC(C)(C)C1. The number of hydrogen-bond donors (Lipinski definition) is 2. The third-order valence-corrected chi connectivity index (χ3v) is 3.68. The van der Waals surface area contributed by atoms with Crippen LogP contribution in [0.2, 0.25) is 0 Å². The molecule has 0 bridgehead atoms. The van der Waals surface area contributed by atoms with Gasteiger partial charge >= 0.3 is 0 Å². The predicted octanol–water partition coefficient (Wildman–Crippen LogP) is 2.02. The zero-order valence-electron chi connectivity index (χ0n) is 13.1. The number of amides is 1. The van der Waals surface area contributed by atoms with Gasteiger partial charge in [-0.15, -0.1) is 0 Å². The van der Waals surface area contributed by atoms with Gasteiger partial charge in [0.1, 0.15) is 0 Å². The quantitative estimate of drug-likeness (QED) is 0.833. The number of nitrogen functional groups attached to an aromatic ring is 1. The average molecular weight is 291 g/mol. The zero-order valence-corrected chi connectivity index (χ0v) is 13.1. The fraction of sp³-hybridized carbons (Fsp3) is 0.562. The lowest BCUT2D eigenvalue weighted by Gasteiger charge is -2.38. The number of ether oxygens (including phenoxy) is 1. The molecule has 0 aromatic heterocycles. The highest BCUT2D eigenvalue weighted by Gasteiger charge is 2.27. The minimum atomic E-state index is -0.123. The summed E-state index contributed by atoms with van der Waals surface area (Å²) in [7, 11) is 0. The molecule has 0 aliphatic carbocycles. The smallest absolute Gasteiger partial charge is 0.225 e. The van der Waals surface area contributed by atoms with E-state index in [1.165, 1.54) is 0 Å². The van der Waals surface area contributed by atoms with Crippen LogP contribution in [0.15, 0.2) is 18.2 Å². The number of nitrogens with zero attached hydrogens (tertiary/aromatic N) is 1. The van der Waals surface area contributed by atoms with Gasteiger partial charge in [-0.1, -0.05) is 0 Å². The summed E-state index contributed by atoms with van der Waals surface area (Å²) in [5.74, 6) is 0.0344. The fourth-order valence-electron chi connectivity index (χ4n) is 2.60. The van der Waals surface area contributed by atoms with Crippen LogP contribution in [-0.2, 0) is 9.53 Å². The van der Waals surface area contributed by atoms with Gasteiger partial charge in [-0.2, -0.15) is 0 Å². The van der Waals surface area contributed by atoms with E-state index in [0.717, 1.165) is 37.5 Å². The van der Waals surface area contributed by atoms with Crippen LogP contribution in [0.25, 0.3) is 0 Å². The van der Waals surface area contributed by atoms with Crippen molar-refractivity contribution in [1.29, 1.82) is 0 Å². The van der Waals surface area contributed by atoms with E-state index >= 15 is 0 Å². The molecule has 116 valence electrons. The number of aryl methyl sites for hydroxylation is 1. The Morgan fingerprint density at radius 1 is 1.48 bits per heavy atom. The van der Waals surface area contributed by atoms with Crippen LogP contribution in [0, 0.1) is 6.92 Å². The standard InChI is InChI=1S/C16H25N3O2/c1-12-10-13(17)4-5-14(12)18-15(20)6-7-19-8-9-21-16(2,3)11-19/h4-5,10H,6-9,11,17H2,1-3H3,(H,18,20). The normalized spacial score (nSPS) is 18.4. The van der Waals surface area contributed by atoms with Crippen molar-refractivity contribution < 1.29 is 9.53 Å². The van der Waals surface area contributed by atoms with E-state index in [0.29, 0.717) is 12.1 Å². The number of nitrogens with one attached hydrogen (secondary N) is 1. The van der Waals surface area contributed by atoms with Crippen LogP contribution < -0.4 is 11.1 Å². The number of carbonyl (C=O) groups excluding carboxylic acids is 1. The van der Waals surface area contributed by atoms with Crippen LogP contribution in [0.4, 0.5) is 11.4 Å². The van der Waals surface area contributed by atoms with E-state index in [9.17, 15) is 4.79 Å². The summed E-state index contributed by atoms with van der Waals surface area (Å²) in [6.07, 6.45) is 0.486. The molecule has 2 rings (SSSR count). The second-order valence-corrected chi connectivity index (χ2v) is 6.26. The van der Waals surface area contributed by atoms with E-state index in [4.69, 9.17) is 10.5 Å². The van der Waals surface area contributed by atoms with Crippen molar-refractivity contribution in [3.63, 3.8) is 0 Å². The van der Waals surface area contributed by atoms with Crippen molar-refractivity contribution in [2.75, 3.05) is 37.3 Å². The third kappa shape index (κ3) is 4.72. The lowest BCUT2D eigenvalue weighted by atomic mass is 10.1. The Labute approximate surface area is 126 Å². The summed E-state index contributed by atoms with van der Waals surface area (Å²) < 4.78 is 5.67. The van der Waals surface area contributed by atoms with Crippen molar-refractivity contribution in [2.45, 2.75) is 32.8 Å². The number of morpholine rings is 1. The highest BCUT2D eigenvalue weighted by atomic mass is 16.5.